The second-order valence-corrected chi connectivity index (χ2v) is 6.56. The highest BCUT2D eigenvalue weighted by atomic mass is 79.9. The summed E-state index contributed by atoms with van der Waals surface area (Å²) < 4.78 is 6.79. The summed E-state index contributed by atoms with van der Waals surface area (Å²) in [6, 6.07) is 21.4. The summed E-state index contributed by atoms with van der Waals surface area (Å²) in [4.78, 5) is 11.3. The van der Waals surface area contributed by atoms with Gasteiger partial charge >= 0.3 is 0 Å². The monoisotopic (exact) mass is 406 g/mol. The van der Waals surface area contributed by atoms with Gasteiger partial charge in [0.2, 0.25) is 0 Å². The highest BCUT2D eigenvalue weighted by Gasteiger charge is 2.09. The van der Waals surface area contributed by atoms with E-state index in [1.807, 2.05) is 36.4 Å². The lowest BCUT2D eigenvalue weighted by Crippen LogP contribution is -2.12. The number of carbonyl (C=O) groups is 1. The third-order valence-corrected chi connectivity index (χ3v) is 4.41. The Balaban J connectivity index is 1.93. The summed E-state index contributed by atoms with van der Waals surface area (Å²) in [6.07, 6.45) is 1.44. The van der Waals surface area contributed by atoms with Crippen LogP contribution in [0.3, 0.4) is 0 Å². The maximum atomic E-state index is 11.3. The van der Waals surface area contributed by atoms with Crippen LogP contribution in [-0.2, 0) is 11.4 Å². The smallest absolute Gasteiger partial charge is 0.259 e. The molecular weight excluding hydrogens is 392 g/mol. The number of amides is 1. The van der Waals surface area contributed by atoms with Crippen LogP contribution in [0, 0.1) is 11.3 Å². The predicted molar refractivity (Wildman–Crippen MR) is 105 cm³/mol. The normalized spacial score (nSPS) is 11.2. The average Bonchev–Trinajstić information content (AvgIpc) is 2.65. The minimum atomic E-state index is -0.771. The van der Waals surface area contributed by atoms with E-state index >= 15 is 0 Å². The molecular formula is C21H15BrN2O2. The topological polar surface area (TPSA) is 76.1 Å². The largest absolute Gasteiger partial charge is 0.488 e. The van der Waals surface area contributed by atoms with E-state index in [-0.39, 0.29) is 5.57 Å². The quantitative estimate of drug-likeness (QED) is 0.497. The fraction of sp³-hybridized carbons (Fsp3) is 0.0476. The summed E-state index contributed by atoms with van der Waals surface area (Å²) in [5, 5.41) is 11.3. The number of hydrogen-bond donors (Lipinski definition) is 1. The Kier molecular flexibility index (Phi) is 5.35. The van der Waals surface area contributed by atoms with Gasteiger partial charge in [0.15, 0.2) is 0 Å². The van der Waals surface area contributed by atoms with Crippen molar-refractivity contribution in [1.29, 1.82) is 5.26 Å². The first-order chi connectivity index (χ1) is 12.6. The Morgan fingerprint density at radius 3 is 2.69 bits per heavy atom. The van der Waals surface area contributed by atoms with Crippen molar-refractivity contribution >= 4 is 38.7 Å². The van der Waals surface area contributed by atoms with Gasteiger partial charge in [-0.3, -0.25) is 4.79 Å². The zero-order valence-electron chi connectivity index (χ0n) is 13.8. The second-order valence-electron chi connectivity index (χ2n) is 5.64. The van der Waals surface area contributed by atoms with E-state index in [1.165, 1.54) is 6.08 Å². The van der Waals surface area contributed by atoms with Crippen molar-refractivity contribution in [3.63, 3.8) is 0 Å². The van der Waals surface area contributed by atoms with E-state index in [2.05, 4.69) is 34.1 Å². The number of halogens is 1. The summed E-state index contributed by atoms with van der Waals surface area (Å²) in [7, 11) is 0. The molecule has 4 nitrogen and oxygen atoms in total. The van der Waals surface area contributed by atoms with E-state index in [0.29, 0.717) is 17.9 Å². The first kappa shape index (κ1) is 17.7. The number of ether oxygens (including phenoxy) is 1. The summed E-state index contributed by atoms with van der Waals surface area (Å²) >= 11 is 3.39. The molecule has 26 heavy (non-hydrogen) atoms. The van der Waals surface area contributed by atoms with Crippen molar-refractivity contribution in [2.24, 2.45) is 5.73 Å². The van der Waals surface area contributed by atoms with Crippen LogP contribution < -0.4 is 10.5 Å². The number of hydrogen-bond acceptors (Lipinski definition) is 3. The van der Waals surface area contributed by atoms with E-state index in [0.717, 1.165) is 20.8 Å². The SMILES string of the molecule is N#C/C(=C/c1cc(Br)ccc1OCc1cccc2ccccc12)C(N)=O. The minimum Gasteiger partial charge on any atom is -0.488 e. The Hall–Kier alpha value is -3.10. The van der Waals surface area contributed by atoms with Crippen LogP contribution in [0.25, 0.3) is 16.8 Å². The Labute approximate surface area is 159 Å². The van der Waals surface area contributed by atoms with Crippen LogP contribution >= 0.6 is 15.9 Å². The van der Waals surface area contributed by atoms with Crippen molar-refractivity contribution < 1.29 is 9.53 Å². The van der Waals surface area contributed by atoms with Gasteiger partial charge in [-0.2, -0.15) is 5.26 Å². The number of nitrogens with two attached hydrogens (primary N) is 1. The second kappa shape index (κ2) is 7.85. The minimum absolute atomic E-state index is 0.127. The van der Waals surface area contributed by atoms with Crippen molar-refractivity contribution in [3.05, 3.63) is 81.8 Å². The number of carbonyl (C=O) groups excluding carboxylic acids is 1. The number of fused-ring (bicyclic) bond motifs is 1. The Bertz CT molecular complexity index is 1050. The number of primary amides is 1. The first-order valence-corrected chi connectivity index (χ1v) is 8.68. The van der Waals surface area contributed by atoms with Gasteiger partial charge in [0.05, 0.1) is 0 Å². The Morgan fingerprint density at radius 2 is 1.92 bits per heavy atom. The van der Waals surface area contributed by atoms with Crippen LogP contribution in [0.5, 0.6) is 5.75 Å². The molecule has 3 aromatic carbocycles. The van der Waals surface area contributed by atoms with E-state index in [4.69, 9.17) is 15.7 Å². The highest BCUT2D eigenvalue weighted by molar-refractivity contribution is 9.10. The lowest BCUT2D eigenvalue weighted by Gasteiger charge is -2.12. The molecule has 1 amide bonds. The number of benzene rings is 3. The summed E-state index contributed by atoms with van der Waals surface area (Å²) in [5.74, 6) is -0.206. The number of nitrogens with zero attached hydrogens (tertiary/aromatic N) is 1. The molecule has 0 spiro atoms. The zero-order chi connectivity index (χ0) is 18.5. The van der Waals surface area contributed by atoms with E-state index in [9.17, 15) is 4.79 Å². The molecule has 3 aromatic rings. The molecule has 0 saturated heterocycles. The Morgan fingerprint density at radius 1 is 1.15 bits per heavy atom. The molecule has 3 rings (SSSR count). The molecule has 0 atom stereocenters. The lowest BCUT2D eigenvalue weighted by molar-refractivity contribution is -0.114. The molecule has 0 aliphatic carbocycles. The van der Waals surface area contributed by atoms with Crippen LogP contribution in [0.15, 0.2) is 70.7 Å². The van der Waals surface area contributed by atoms with Gasteiger partial charge in [-0.25, -0.2) is 0 Å². The fourth-order valence-electron chi connectivity index (χ4n) is 2.65. The van der Waals surface area contributed by atoms with Crippen molar-refractivity contribution in [3.8, 4) is 11.8 Å². The van der Waals surface area contributed by atoms with Crippen molar-refractivity contribution in [2.45, 2.75) is 6.61 Å². The standard InChI is InChI=1S/C21H15BrN2O2/c22-18-8-9-20(16(11-18)10-17(12-23)21(24)25)26-13-15-6-3-5-14-4-1-2-7-19(14)15/h1-11H,13H2,(H2,24,25)/b17-10-. The molecule has 0 unspecified atom stereocenters. The summed E-state index contributed by atoms with van der Waals surface area (Å²) in [6.45, 7) is 0.363. The van der Waals surface area contributed by atoms with Gasteiger partial charge in [0.1, 0.15) is 24.0 Å². The lowest BCUT2D eigenvalue weighted by atomic mass is 10.1. The molecule has 2 N–H and O–H groups in total. The first-order valence-electron chi connectivity index (χ1n) is 7.89. The van der Waals surface area contributed by atoms with Gasteiger partial charge in [0.25, 0.3) is 5.91 Å². The van der Waals surface area contributed by atoms with Gasteiger partial charge in [-0.15, -0.1) is 0 Å². The maximum Gasteiger partial charge on any atom is 0.259 e. The van der Waals surface area contributed by atoms with Crippen LogP contribution in [0.4, 0.5) is 0 Å². The molecule has 0 heterocycles. The molecule has 5 heteroatoms. The predicted octanol–water partition coefficient (Wildman–Crippen LogP) is 4.57. The third kappa shape index (κ3) is 3.93. The van der Waals surface area contributed by atoms with Crippen LogP contribution in [-0.4, -0.2) is 5.91 Å². The molecule has 0 aliphatic rings. The van der Waals surface area contributed by atoms with E-state index in [1.54, 1.807) is 12.1 Å². The third-order valence-electron chi connectivity index (χ3n) is 3.92. The molecule has 0 aliphatic heterocycles. The maximum absolute atomic E-state index is 11.3. The molecule has 0 bridgehead atoms. The fourth-order valence-corrected chi connectivity index (χ4v) is 3.03. The number of nitriles is 1. The van der Waals surface area contributed by atoms with Crippen molar-refractivity contribution in [2.75, 3.05) is 0 Å². The average molecular weight is 407 g/mol. The molecule has 0 fully saturated rings. The molecule has 0 saturated carbocycles. The van der Waals surface area contributed by atoms with Crippen LogP contribution in [0.1, 0.15) is 11.1 Å². The van der Waals surface area contributed by atoms with Crippen LogP contribution in [0.2, 0.25) is 0 Å². The molecule has 0 aromatic heterocycles. The highest BCUT2D eigenvalue weighted by Crippen LogP contribution is 2.27. The molecule has 128 valence electrons. The number of rotatable bonds is 5. The van der Waals surface area contributed by atoms with Gasteiger partial charge in [-0.1, -0.05) is 58.4 Å². The van der Waals surface area contributed by atoms with Crippen molar-refractivity contribution in [1.82, 2.24) is 0 Å². The zero-order valence-corrected chi connectivity index (χ0v) is 15.4. The van der Waals surface area contributed by atoms with Gasteiger partial charge < -0.3 is 10.5 Å². The van der Waals surface area contributed by atoms with Gasteiger partial charge in [-0.05, 0) is 40.6 Å². The summed E-state index contributed by atoms with van der Waals surface area (Å²) in [5.41, 5.74) is 6.76. The van der Waals surface area contributed by atoms with E-state index < -0.39 is 5.91 Å². The van der Waals surface area contributed by atoms with Gasteiger partial charge in [0, 0.05) is 10.0 Å². The molecule has 0 radical (unpaired) electrons.